The molecule has 1 saturated heterocycles. The number of anilines is 1. The maximum Gasteiger partial charge on any atom is 0.185 e. The Balaban J connectivity index is 2.11. The van der Waals surface area contributed by atoms with Gasteiger partial charge in [0.25, 0.3) is 0 Å². The van der Waals surface area contributed by atoms with Crippen molar-refractivity contribution in [3.8, 4) is 0 Å². The molecular weight excluding hydrogens is 236 g/mol. The van der Waals surface area contributed by atoms with E-state index in [9.17, 15) is 5.11 Å². The summed E-state index contributed by atoms with van der Waals surface area (Å²) in [6.07, 6.45) is 1.41. The third-order valence-electron chi connectivity index (χ3n) is 3.49. The molecule has 1 aromatic heterocycles. The van der Waals surface area contributed by atoms with Crippen molar-refractivity contribution in [1.82, 2.24) is 4.98 Å². The standard InChI is InChI=1S/C12H20N2O2S/c1-8-4-5-14(6-10(8)16-3)12-13-9(2)11(7-15)17-12/h8,10,15H,4-7H2,1-3H3. The molecule has 4 nitrogen and oxygen atoms in total. The normalized spacial score (nSPS) is 25.3. The van der Waals surface area contributed by atoms with Crippen LogP contribution in [-0.2, 0) is 11.3 Å². The molecule has 0 radical (unpaired) electrons. The quantitative estimate of drug-likeness (QED) is 0.896. The molecule has 1 fully saturated rings. The third-order valence-corrected chi connectivity index (χ3v) is 4.69. The number of aliphatic hydroxyl groups is 1. The van der Waals surface area contributed by atoms with Crippen LogP contribution < -0.4 is 4.90 Å². The zero-order valence-electron chi connectivity index (χ0n) is 10.6. The summed E-state index contributed by atoms with van der Waals surface area (Å²) in [6, 6.07) is 0. The number of aliphatic hydroxyl groups excluding tert-OH is 1. The van der Waals surface area contributed by atoms with Crippen molar-refractivity contribution < 1.29 is 9.84 Å². The molecule has 2 atom stereocenters. The van der Waals surface area contributed by atoms with Gasteiger partial charge in [-0.15, -0.1) is 0 Å². The van der Waals surface area contributed by atoms with Gasteiger partial charge in [0.2, 0.25) is 0 Å². The summed E-state index contributed by atoms with van der Waals surface area (Å²) in [7, 11) is 1.77. The van der Waals surface area contributed by atoms with Crippen molar-refractivity contribution in [3.05, 3.63) is 10.6 Å². The average Bonchev–Trinajstić information content (AvgIpc) is 2.71. The van der Waals surface area contributed by atoms with E-state index in [2.05, 4.69) is 16.8 Å². The molecule has 0 saturated carbocycles. The molecule has 1 aliphatic rings. The van der Waals surface area contributed by atoms with Gasteiger partial charge in [0, 0.05) is 20.2 Å². The van der Waals surface area contributed by atoms with Crippen LogP contribution in [0.1, 0.15) is 23.9 Å². The number of thiazole rings is 1. The van der Waals surface area contributed by atoms with Crippen LogP contribution in [0.25, 0.3) is 0 Å². The summed E-state index contributed by atoms with van der Waals surface area (Å²) in [5.74, 6) is 0.606. The number of rotatable bonds is 3. The van der Waals surface area contributed by atoms with Gasteiger partial charge in [-0.3, -0.25) is 0 Å². The lowest BCUT2D eigenvalue weighted by Gasteiger charge is -2.36. The molecule has 2 rings (SSSR count). The highest BCUT2D eigenvalue weighted by molar-refractivity contribution is 7.15. The van der Waals surface area contributed by atoms with Crippen molar-refractivity contribution in [2.45, 2.75) is 33.0 Å². The molecule has 2 heterocycles. The fourth-order valence-electron chi connectivity index (χ4n) is 2.21. The fraction of sp³-hybridized carbons (Fsp3) is 0.750. The summed E-state index contributed by atoms with van der Waals surface area (Å²) in [5, 5.41) is 10.2. The minimum atomic E-state index is 0.0848. The monoisotopic (exact) mass is 256 g/mol. The van der Waals surface area contributed by atoms with E-state index in [1.165, 1.54) is 0 Å². The molecule has 96 valence electrons. The molecule has 0 amide bonds. The fourth-order valence-corrected chi connectivity index (χ4v) is 3.16. The van der Waals surface area contributed by atoms with E-state index in [1.807, 2.05) is 6.92 Å². The van der Waals surface area contributed by atoms with Crippen molar-refractivity contribution in [3.63, 3.8) is 0 Å². The van der Waals surface area contributed by atoms with Gasteiger partial charge >= 0.3 is 0 Å². The zero-order valence-corrected chi connectivity index (χ0v) is 11.5. The van der Waals surface area contributed by atoms with Gasteiger partial charge in [-0.25, -0.2) is 4.98 Å². The molecule has 0 bridgehead atoms. The Bertz CT molecular complexity index is 381. The van der Waals surface area contributed by atoms with E-state index in [1.54, 1.807) is 18.4 Å². The number of hydrogen-bond acceptors (Lipinski definition) is 5. The molecule has 1 aromatic rings. The van der Waals surface area contributed by atoms with Crippen LogP contribution in [0.5, 0.6) is 0 Å². The van der Waals surface area contributed by atoms with Crippen LogP contribution in [0.3, 0.4) is 0 Å². The maximum atomic E-state index is 9.20. The highest BCUT2D eigenvalue weighted by Crippen LogP contribution is 2.30. The Morgan fingerprint density at radius 2 is 2.35 bits per heavy atom. The summed E-state index contributed by atoms with van der Waals surface area (Å²) >= 11 is 1.59. The van der Waals surface area contributed by atoms with Gasteiger partial charge in [-0.1, -0.05) is 18.3 Å². The zero-order chi connectivity index (χ0) is 12.4. The van der Waals surface area contributed by atoms with Crippen molar-refractivity contribution in [2.24, 2.45) is 5.92 Å². The molecule has 5 heteroatoms. The number of methoxy groups -OCH3 is 1. The van der Waals surface area contributed by atoms with Crippen LogP contribution in [0.4, 0.5) is 5.13 Å². The minimum Gasteiger partial charge on any atom is -0.391 e. The molecular formula is C12H20N2O2S. The van der Waals surface area contributed by atoms with Gasteiger partial charge in [0.1, 0.15) is 0 Å². The van der Waals surface area contributed by atoms with Crippen LogP contribution in [0.2, 0.25) is 0 Å². The molecule has 1 N–H and O–H groups in total. The minimum absolute atomic E-state index is 0.0848. The van der Waals surface area contributed by atoms with Crippen molar-refractivity contribution in [2.75, 3.05) is 25.1 Å². The summed E-state index contributed by atoms with van der Waals surface area (Å²) < 4.78 is 5.50. The van der Waals surface area contributed by atoms with E-state index in [0.717, 1.165) is 35.2 Å². The lowest BCUT2D eigenvalue weighted by molar-refractivity contribution is 0.0498. The Hall–Kier alpha value is -0.650. The number of aromatic nitrogens is 1. The van der Waals surface area contributed by atoms with Crippen LogP contribution >= 0.6 is 11.3 Å². The summed E-state index contributed by atoms with van der Waals surface area (Å²) in [5.41, 5.74) is 0.945. The maximum absolute atomic E-state index is 9.20. The first kappa shape index (κ1) is 12.8. The third kappa shape index (κ3) is 2.61. The molecule has 17 heavy (non-hydrogen) atoms. The smallest absolute Gasteiger partial charge is 0.185 e. The Morgan fingerprint density at radius 3 is 2.94 bits per heavy atom. The Morgan fingerprint density at radius 1 is 1.59 bits per heavy atom. The van der Waals surface area contributed by atoms with Crippen molar-refractivity contribution >= 4 is 16.5 Å². The molecule has 0 aliphatic carbocycles. The van der Waals surface area contributed by atoms with E-state index >= 15 is 0 Å². The van der Waals surface area contributed by atoms with E-state index in [4.69, 9.17) is 4.74 Å². The highest BCUT2D eigenvalue weighted by atomic mass is 32.1. The Labute approximate surface area is 106 Å². The molecule has 0 spiro atoms. The summed E-state index contributed by atoms with van der Waals surface area (Å²) in [4.78, 5) is 7.76. The van der Waals surface area contributed by atoms with Crippen LogP contribution in [0.15, 0.2) is 0 Å². The second-order valence-corrected chi connectivity index (χ2v) is 5.71. The number of aryl methyl sites for hydroxylation is 1. The lowest BCUT2D eigenvalue weighted by Crippen LogP contribution is -2.43. The summed E-state index contributed by atoms with van der Waals surface area (Å²) in [6.45, 7) is 6.19. The highest BCUT2D eigenvalue weighted by Gasteiger charge is 2.27. The second kappa shape index (κ2) is 5.33. The molecule has 2 unspecified atom stereocenters. The van der Waals surface area contributed by atoms with E-state index < -0.39 is 0 Å². The first-order chi connectivity index (χ1) is 8.15. The predicted molar refractivity (Wildman–Crippen MR) is 69.6 cm³/mol. The molecule has 1 aliphatic heterocycles. The van der Waals surface area contributed by atoms with E-state index in [0.29, 0.717) is 5.92 Å². The first-order valence-electron chi connectivity index (χ1n) is 6.00. The topological polar surface area (TPSA) is 45.6 Å². The van der Waals surface area contributed by atoms with Gasteiger partial charge in [0.15, 0.2) is 5.13 Å². The number of hydrogen-bond donors (Lipinski definition) is 1. The van der Waals surface area contributed by atoms with Crippen LogP contribution in [0, 0.1) is 12.8 Å². The van der Waals surface area contributed by atoms with Gasteiger partial charge < -0.3 is 14.7 Å². The average molecular weight is 256 g/mol. The number of ether oxygens (including phenoxy) is 1. The van der Waals surface area contributed by atoms with Gasteiger partial charge in [-0.05, 0) is 19.3 Å². The molecule has 0 aromatic carbocycles. The number of piperidine rings is 1. The van der Waals surface area contributed by atoms with Crippen molar-refractivity contribution in [1.29, 1.82) is 0 Å². The largest absolute Gasteiger partial charge is 0.391 e. The van der Waals surface area contributed by atoms with E-state index in [-0.39, 0.29) is 12.7 Å². The lowest BCUT2D eigenvalue weighted by atomic mass is 9.96. The van der Waals surface area contributed by atoms with Crippen LogP contribution in [-0.4, -0.2) is 36.4 Å². The van der Waals surface area contributed by atoms with Gasteiger partial charge in [-0.2, -0.15) is 0 Å². The second-order valence-electron chi connectivity index (χ2n) is 4.65. The van der Waals surface area contributed by atoms with Gasteiger partial charge in [0.05, 0.1) is 23.3 Å². The first-order valence-corrected chi connectivity index (χ1v) is 6.82. The number of nitrogens with zero attached hydrogens (tertiary/aromatic N) is 2. The SMILES string of the molecule is COC1CN(c2nc(C)c(CO)s2)CCC1C. The predicted octanol–water partition coefficient (Wildman–Crippen LogP) is 1.81. The Kier molecular flexibility index (Phi) is 4.01.